The predicted octanol–water partition coefficient (Wildman–Crippen LogP) is 2.80. The lowest BCUT2D eigenvalue weighted by Crippen LogP contribution is -1.73. The van der Waals surface area contributed by atoms with Gasteiger partial charge in [0, 0.05) is 4.47 Å². The largest absolute Gasteiger partial charge is 0.508 e. The average Bonchev–Trinajstić information content (AvgIpc) is 1.94. The van der Waals surface area contributed by atoms with Crippen LogP contribution in [0, 0.1) is 0 Å². The van der Waals surface area contributed by atoms with Gasteiger partial charge in [0.15, 0.2) is 0 Å². The Morgan fingerprint density at radius 3 is 2.70 bits per heavy atom. The van der Waals surface area contributed by atoms with E-state index in [1.165, 1.54) is 0 Å². The fourth-order valence-electron chi connectivity index (χ4n) is 0.688. The van der Waals surface area contributed by atoms with Crippen LogP contribution in [0.1, 0.15) is 5.56 Å². The molecule has 0 aliphatic heterocycles. The van der Waals surface area contributed by atoms with Crippen LogP contribution in [0.4, 0.5) is 0 Å². The maximum atomic E-state index is 9.00. The monoisotopic (exact) mass is 198 g/mol. The molecular weight excluding hydrogens is 192 g/mol. The molecule has 0 aliphatic carbocycles. The van der Waals surface area contributed by atoms with Gasteiger partial charge in [-0.3, -0.25) is 0 Å². The van der Waals surface area contributed by atoms with Crippen molar-refractivity contribution in [2.24, 2.45) is 0 Å². The van der Waals surface area contributed by atoms with Crippen molar-refractivity contribution in [3.63, 3.8) is 0 Å². The van der Waals surface area contributed by atoms with E-state index in [1.54, 1.807) is 24.3 Å². The number of phenolic OH excluding ortho intramolecular Hbond substituents is 1. The van der Waals surface area contributed by atoms with E-state index in [2.05, 4.69) is 22.5 Å². The van der Waals surface area contributed by atoms with Crippen LogP contribution in [0.2, 0.25) is 0 Å². The zero-order valence-electron chi connectivity index (χ0n) is 5.34. The van der Waals surface area contributed by atoms with E-state index < -0.39 is 0 Å². The highest BCUT2D eigenvalue weighted by Gasteiger charge is 1.94. The normalized spacial score (nSPS) is 9.30. The predicted molar refractivity (Wildman–Crippen MR) is 45.9 cm³/mol. The third-order valence-electron chi connectivity index (χ3n) is 1.20. The topological polar surface area (TPSA) is 20.2 Å². The molecule has 1 rings (SSSR count). The summed E-state index contributed by atoms with van der Waals surface area (Å²) in [4.78, 5) is 0. The Morgan fingerprint density at radius 2 is 2.20 bits per heavy atom. The minimum atomic E-state index is 0.262. The van der Waals surface area contributed by atoms with Crippen molar-refractivity contribution in [3.8, 4) is 5.75 Å². The molecule has 0 fully saturated rings. The fraction of sp³-hybridized carbons (Fsp3) is 0. The maximum Gasteiger partial charge on any atom is 0.116 e. The van der Waals surface area contributed by atoms with Gasteiger partial charge in [0.1, 0.15) is 5.75 Å². The maximum absolute atomic E-state index is 9.00. The van der Waals surface area contributed by atoms with E-state index in [0.29, 0.717) is 0 Å². The number of phenols is 1. The second kappa shape index (κ2) is 2.88. The first-order valence-electron chi connectivity index (χ1n) is 2.85. The SMILES string of the molecule is C=Cc1cc(O)ccc1Br. The summed E-state index contributed by atoms with van der Waals surface area (Å²) in [6, 6.07) is 5.06. The molecule has 0 bridgehead atoms. The van der Waals surface area contributed by atoms with Crippen molar-refractivity contribution >= 4 is 22.0 Å². The lowest BCUT2D eigenvalue weighted by atomic mass is 10.2. The van der Waals surface area contributed by atoms with Gasteiger partial charge in [0.25, 0.3) is 0 Å². The molecule has 0 unspecified atom stereocenters. The Bertz CT molecular complexity index is 255. The molecule has 0 saturated carbocycles. The van der Waals surface area contributed by atoms with Crippen LogP contribution in [0.25, 0.3) is 6.08 Å². The van der Waals surface area contributed by atoms with Crippen molar-refractivity contribution in [1.82, 2.24) is 0 Å². The Morgan fingerprint density at radius 1 is 1.50 bits per heavy atom. The highest BCUT2D eigenvalue weighted by atomic mass is 79.9. The van der Waals surface area contributed by atoms with Crippen molar-refractivity contribution in [2.45, 2.75) is 0 Å². The van der Waals surface area contributed by atoms with Gasteiger partial charge in [-0.15, -0.1) is 0 Å². The number of hydrogen-bond donors (Lipinski definition) is 1. The Kier molecular flexibility index (Phi) is 2.12. The molecule has 0 amide bonds. The van der Waals surface area contributed by atoms with Gasteiger partial charge in [-0.05, 0) is 23.8 Å². The van der Waals surface area contributed by atoms with Crippen LogP contribution in [-0.4, -0.2) is 5.11 Å². The van der Waals surface area contributed by atoms with Gasteiger partial charge in [-0.1, -0.05) is 28.6 Å². The third-order valence-corrected chi connectivity index (χ3v) is 1.92. The highest BCUT2D eigenvalue weighted by Crippen LogP contribution is 2.21. The molecule has 0 spiro atoms. The first-order valence-corrected chi connectivity index (χ1v) is 3.64. The minimum absolute atomic E-state index is 0.262. The first-order chi connectivity index (χ1) is 4.74. The Labute approximate surface area is 68.1 Å². The second-order valence-corrected chi connectivity index (χ2v) is 2.76. The second-order valence-electron chi connectivity index (χ2n) is 1.91. The van der Waals surface area contributed by atoms with Crippen LogP contribution >= 0.6 is 15.9 Å². The standard InChI is InChI=1S/C8H7BrO/c1-2-6-5-7(10)3-4-8(6)9/h2-5,10H,1H2. The molecule has 0 heterocycles. The quantitative estimate of drug-likeness (QED) is 0.737. The van der Waals surface area contributed by atoms with Gasteiger partial charge >= 0.3 is 0 Å². The summed E-state index contributed by atoms with van der Waals surface area (Å²) in [5, 5.41) is 9.00. The summed E-state index contributed by atoms with van der Waals surface area (Å²) in [7, 11) is 0. The average molecular weight is 199 g/mol. The fourth-order valence-corrected chi connectivity index (χ4v) is 1.10. The van der Waals surface area contributed by atoms with Gasteiger partial charge < -0.3 is 5.11 Å². The van der Waals surface area contributed by atoms with Crippen LogP contribution in [0.3, 0.4) is 0 Å². The van der Waals surface area contributed by atoms with Crippen LogP contribution < -0.4 is 0 Å². The third kappa shape index (κ3) is 1.39. The molecule has 0 atom stereocenters. The van der Waals surface area contributed by atoms with E-state index in [-0.39, 0.29) is 5.75 Å². The molecule has 2 heteroatoms. The zero-order chi connectivity index (χ0) is 7.56. The number of rotatable bonds is 1. The summed E-state index contributed by atoms with van der Waals surface area (Å²) in [5.74, 6) is 0.262. The molecule has 52 valence electrons. The Balaban J connectivity index is 3.21. The van der Waals surface area contributed by atoms with Crippen LogP contribution in [0.5, 0.6) is 5.75 Å². The van der Waals surface area contributed by atoms with Gasteiger partial charge in [0.05, 0.1) is 0 Å². The van der Waals surface area contributed by atoms with Crippen molar-refractivity contribution in [1.29, 1.82) is 0 Å². The molecule has 1 aromatic carbocycles. The van der Waals surface area contributed by atoms with E-state index >= 15 is 0 Å². The smallest absolute Gasteiger partial charge is 0.116 e. The summed E-state index contributed by atoms with van der Waals surface area (Å²) in [6.45, 7) is 3.59. The first kappa shape index (κ1) is 7.35. The molecule has 0 aromatic heterocycles. The summed E-state index contributed by atoms with van der Waals surface area (Å²) < 4.78 is 0.945. The summed E-state index contributed by atoms with van der Waals surface area (Å²) >= 11 is 3.31. The summed E-state index contributed by atoms with van der Waals surface area (Å²) in [6.07, 6.45) is 1.68. The number of benzene rings is 1. The number of aromatic hydroxyl groups is 1. The van der Waals surface area contributed by atoms with Crippen LogP contribution in [0.15, 0.2) is 29.3 Å². The van der Waals surface area contributed by atoms with Crippen LogP contribution in [-0.2, 0) is 0 Å². The van der Waals surface area contributed by atoms with Crippen molar-refractivity contribution in [3.05, 3.63) is 34.8 Å². The molecule has 1 N–H and O–H groups in total. The van der Waals surface area contributed by atoms with E-state index in [4.69, 9.17) is 5.11 Å². The zero-order valence-corrected chi connectivity index (χ0v) is 6.93. The molecule has 0 saturated heterocycles. The highest BCUT2D eigenvalue weighted by molar-refractivity contribution is 9.10. The minimum Gasteiger partial charge on any atom is -0.508 e. The molecule has 0 aliphatic rings. The molecule has 1 nitrogen and oxygen atoms in total. The lowest BCUT2D eigenvalue weighted by Gasteiger charge is -1.97. The number of hydrogen-bond acceptors (Lipinski definition) is 1. The van der Waals surface area contributed by atoms with Gasteiger partial charge in [0.2, 0.25) is 0 Å². The molecule has 1 aromatic rings. The van der Waals surface area contributed by atoms with Gasteiger partial charge in [-0.25, -0.2) is 0 Å². The van der Waals surface area contributed by atoms with E-state index in [1.807, 2.05) is 0 Å². The van der Waals surface area contributed by atoms with Crippen molar-refractivity contribution < 1.29 is 5.11 Å². The van der Waals surface area contributed by atoms with E-state index in [9.17, 15) is 0 Å². The van der Waals surface area contributed by atoms with Gasteiger partial charge in [-0.2, -0.15) is 0 Å². The molecular formula is C8H7BrO. The Hall–Kier alpha value is -0.760. The number of halogens is 1. The lowest BCUT2D eigenvalue weighted by molar-refractivity contribution is 0.475. The summed E-state index contributed by atoms with van der Waals surface area (Å²) in [5.41, 5.74) is 0.903. The molecule has 0 radical (unpaired) electrons. The van der Waals surface area contributed by atoms with E-state index in [0.717, 1.165) is 10.0 Å². The van der Waals surface area contributed by atoms with Crippen molar-refractivity contribution in [2.75, 3.05) is 0 Å². The molecule has 10 heavy (non-hydrogen) atoms.